The van der Waals surface area contributed by atoms with Crippen molar-refractivity contribution in [1.29, 1.82) is 0 Å². The average Bonchev–Trinajstić information content (AvgIpc) is 3.02. The fraction of sp³-hybridized carbons (Fsp3) is 0.263. The van der Waals surface area contributed by atoms with E-state index in [1.165, 1.54) is 30.0 Å². The molecule has 1 aliphatic rings. The summed E-state index contributed by atoms with van der Waals surface area (Å²) in [6.07, 6.45) is -4.77. The van der Waals surface area contributed by atoms with Gasteiger partial charge in [-0.25, -0.2) is 0 Å². The summed E-state index contributed by atoms with van der Waals surface area (Å²) in [7, 11) is 0. The minimum atomic E-state index is -4.77. The highest BCUT2D eigenvalue weighted by Crippen LogP contribution is 2.40. The predicted molar refractivity (Wildman–Crippen MR) is 103 cm³/mol. The zero-order valence-corrected chi connectivity index (χ0v) is 16.2. The van der Waals surface area contributed by atoms with E-state index in [1.54, 1.807) is 35.2 Å². The number of thioether (sulfide) groups is 2. The van der Waals surface area contributed by atoms with Crippen molar-refractivity contribution in [3.8, 4) is 5.75 Å². The first-order valence-electron chi connectivity index (χ1n) is 8.32. The van der Waals surface area contributed by atoms with Gasteiger partial charge in [0.05, 0.1) is 5.75 Å². The molecule has 2 aromatic carbocycles. The standard InChI is InChI=1S/C19H16F3NO3S2/c20-19(21,22)26-15-8-4-7-14(11-15)17-23(16(24)12-28-17)9-10-27-18(25)13-5-2-1-3-6-13/h1-8,11,17H,9-10,12H2. The van der Waals surface area contributed by atoms with Gasteiger partial charge in [0.25, 0.3) is 0 Å². The van der Waals surface area contributed by atoms with Crippen molar-refractivity contribution in [1.82, 2.24) is 4.90 Å². The molecule has 0 spiro atoms. The minimum absolute atomic E-state index is 0.0861. The topological polar surface area (TPSA) is 46.6 Å². The Kier molecular flexibility index (Phi) is 6.56. The summed E-state index contributed by atoms with van der Waals surface area (Å²) in [5, 5.41) is -0.492. The van der Waals surface area contributed by atoms with Crippen LogP contribution in [-0.4, -0.2) is 40.3 Å². The van der Waals surface area contributed by atoms with Crippen LogP contribution in [0.1, 0.15) is 21.3 Å². The lowest BCUT2D eigenvalue weighted by molar-refractivity contribution is -0.274. The molecule has 0 bridgehead atoms. The number of nitrogens with zero attached hydrogens (tertiary/aromatic N) is 1. The van der Waals surface area contributed by atoms with Gasteiger partial charge in [-0.15, -0.1) is 24.9 Å². The van der Waals surface area contributed by atoms with E-state index in [9.17, 15) is 22.8 Å². The molecule has 1 amide bonds. The summed E-state index contributed by atoms with van der Waals surface area (Å²) >= 11 is 2.45. The van der Waals surface area contributed by atoms with Crippen LogP contribution in [0.5, 0.6) is 5.75 Å². The molecule has 1 unspecified atom stereocenters. The van der Waals surface area contributed by atoms with Crippen LogP contribution in [0, 0.1) is 0 Å². The van der Waals surface area contributed by atoms with Crippen molar-refractivity contribution in [2.75, 3.05) is 18.1 Å². The Hall–Kier alpha value is -2.13. The number of benzene rings is 2. The van der Waals surface area contributed by atoms with Crippen LogP contribution < -0.4 is 4.74 Å². The molecule has 0 radical (unpaired) electrons. The Morgan fingerprint density at radius 1 is 1.18 bits per heavy atom. The first-order chi connectivity index (χ1) is 13.3. The molecule has 148 valence electrons. The number of rotatable bonds is 6. The molecule has 0 aromatic heterocycles. The van der Waals surface area contributed by atoms with Gasteiger partial charge in [0.1, 0.15) is 11.1 Å². The molecule has 1 heterocycles. The van der Waals surface area contributed by atoms with Gasteiger partial charge in [-0.3, -0.25) is 9.59 Å². The zero-order valence-electron chi connectivity index (χ0n) is 14.5. The van der Waals surface area contributed by atoms with E-state index in [4.69, 9.17) is 0 Å². The molecule has 2 aromatic rings. The summed E-state index contributed by atoms with van der Waals surface area (Å²) in [6, 6.07) is 14.5. The lowest BCUT2D eigenvalue weighted by atomic mass is 10.2. The first kappa shape index (κ1) is 20.6. The van der Waals surface area contributed by atoms with E-state index < -0.39 is 11.7 Å². The third-order valence-corrected chi connectivity index (χ3v) is 6.06. The van der Waals surface area contributed by atoms with Crippen molar-refractivity contribution in [3.05, 3.63) is 65.7 Å². The quantitative estimate of drug-likeness (QED) is 0.667. The summed E-state index contributed by atoms with van der Waals surface area (Å²) in [5.41, 5.74) is 1.14. The predicted octanol–water partition coefficient (Wildman–Crippen LogP) is 4.73. The minimum Gasteiger partial charge on any atom is -0.406 e. The van der Waals surface area contributed by atoms with Crippen molar-refractivity contribution >= 4 is 34.5 Å². The Morgan fingerprint density at radius 2 is 1.93 bits per heavy atom. The van der Waals surface area contributed by atoms with Crippen LogP contribution in [0.2, 0.25) is 0 Å². The highest BCUT2D eigenvalue weighted by atomic mass is 32.2. The molecule has 4 nitrogen and oxygen atoms in total. The summed E-state index contributed by atoms with van der Waals surface area (Å²) < 4.78 is 41.3. The van der Waals surface area contributed by atoms with Gasteiger partial charge >= 0.3 is 6.36 Å². The smallest absolute Gasteiger partial charge is 0.406 e. The number of amides is 1. The molecule has 9 heteroatoms. The lowest BCUT2D eigenvalue weighted by Crippen LogP contribution is -2.30. The molecular weight excluding hydrogens is 411 g/mol. The molecule has 28 heavy (non-hydrogen) atoms. The van der Waals surface area contributed by atoms with E-state index in [2.05, 4.69) is 4.74 Å². The third-order valence-electron chi connectivity index (χ3n) is 3.92. The number of ether oxygens (including phenoxy) is 1. The summed E-state index contributed by atoms with van der Waals surface area (Å²) in [4.78, 5) is 26.0. The number of alkyl halides is 3. The largest absolute Gasteiger partial charge is 0.573 e. The Morgan fingerprint density at radius 3 is 2.64 bits per heavy atom. The maximum absolute atomic E-state index is 12.4. The number of carbonyl (C=O) groups excluding carboxylic acids is 2. The van der Waals surface area contributed by atoms with Gasteiger partial charge in [-0.2, -0.15) is 0 Å². The van der Waals surface area contributed by atoms with Crippen LogP contribution in [-0.2, 0) is 4.79 Å². The second kappa shape index (κ2) is 8.91. The second-order valence-electron chi connectivity index (χ2n) is 5.87. The monoisotopic (exact) mass is 427 g/mol. The van der Waals surface area contributed by atoms with Crippen molar-refractivity contribution in [3.63, 3.8) is 0 Å². The van der Waals surface area contributed by atoms with E-state index in [-0.39, 0.29) is 22.5 Å². The van der Waals surface area contributed by atoms with Crippen molar-refractivity contribution in [2.24, 2.45) is 0 Å². The number of halogens is 3. The van der Waals surface area contributed by atoms with Gasteiger partial charge in [0.15, 0.2) is 0 Å². The van der Waals surface area contributed by atoms with Crippen LogP contribution in [0.25, 0.3) is 0 Å². The van der Waals surface area contributed by atoms with Crippen LogP contribution >= 0.6 is 23.5 Å². The highest BCUT2D eigenvalue weighted by Gasteiger charge is 2.34. The van der Waals surface area contributed by atoms with Crippen LogP contribution in [0.3, 0.4) is 0 Å². The molecule has 0 N–H and O–H groups in total. The zero-order chi connectivity index (χ0) is 20.1. The fourth-order valence-corrected chi connectivity index (χ4v) is 4.72. The molecule has 1 fully saturated rings. The molecule has 1 atom stereocenters. The SMILES string of the molecule is O=C(SCCN1C(=O)CSC1c1cccc(OC(F)(F)F)c1)c1ccccc1. The van der Waals surface area contributed by atoms with Crippen LogP contribution in [0.4, 0.5) is 13.2 Å². The van der Waals surface area contributed by atoms with Crippen LogP contribution in [0.15, 0.2) is 54.6 Å². The molecule has 3 rings (SSSR count). The van der Waals surface area contributed by atoms with Gasteiger partial charge < -0.3 is 9.64 Å². The maximum atomic E-state index is 12.4. The number of hydrogen-bond acceptors (Lipinski definition) is 5. The number of carbonyl (C=O) groups is 2. The van der Waals surface area contributed by atoms with Gasteiger partial charge in [0.2, 0.25) is 11.0 Å². The number of hydrogen-bond donors (Lipinski definition) is 0. The lowest BCUT2D eigenvalue weighted by Gasteiger charge is -2.24. The van der Waals surface area contributed by atoms with Gasteiger partial charge in [-0.05, 0) is 17.7 Å². The van der Waals surface area contributed by atoms with E-state index in [1.807, 2.05) is 6.07 Å². The summed E-state index contributed by atoms with van der Waals surface area (Å²) in [5.74, 6) is 0.213. The second-order valence-corrected chi connectivity index (χ2v) is 8.01. The molecule has 1 saturated heterocycles. The average molecular weight is 427 g/mol. The Labute approximate surface area is 168 Å². The first-order valence-corrected chi connectivity index (χ1v) is 10.4. The molecule has 1 aliphatic heterocycles. The molecule has 0 aliphatic carbocycles. The van der Waals surface area contributed by atoms with Gasteiger partial charge in [0, 0.05) is 17.9 Å². The molecular formula is C19H16F3NO3S2. The Balaban J connectivity index is 1.63. The van der Waals surface area contributed by atoms with E-state index in [0.717, 1.165) is 11.8 Å². The van der Waals surface area contributed by atoms with Crippen molar-refractivity contribution < 1.29 is 27.5 Å². The highest BCUT2D eigenvalue weighted by molar-refractivity contribution is 8.14. The summed E-state index contributed by atoms with van der Waals surface area (Å²) in [6.45, 7) is 0.324. The maximum Gasteiger partial charge on any atom is 0.573 e. The van der Waals surface area contributed by atoms with Gasteiger partial charge in [-0.1, -0.05) is 54.2 Å². The fourth-order valence-electron chi connectivity index (χ4n) is 2.73. The Bertz CT molecular complexity index is 846. The molecule has 0 saturated carbocycles. The third kappa shape index (κ3) is 5.45. The van der Waals surface area contributed by atoms with E-state index >= 15 is 0 Å². The van der Waals surface area contributed by atoms with Crippen molar-refractivity contribution in [2.45, 2.75) is 11.7 Å². The normalized spacial score (nSPS) is 17.0. The van der Waals surface area contributed by atoms with E-state index in [0.29, 0.717) is 23.4 Å².